The number of anilines is 3. The smallest absolute Gasteiger partial charge is 0.397 e. The molecule has 0 saturated heterocycles. The van der Waals surface area contributed by atoms with E-state index in [1.165, 1.54) is 12.1 Å². The van der Waals surface area contributed by atoms with Crippen LogP contribution in [0.25, 0.3) is 0 Å². The van der Waals surface area contributed by atoms with Gasteiger partial charge in [0.25, 0.3) is 0 Å². The van der Waals surface area contributed by atoms with Crippen molar-refractivity contribution in [3.05, 3.63) is 107 Å². The van der Waals surface area contributed by atoms with Gasteiger partial charge in [0.05, 0.1) is 40.9 Å². The van der Waals surface area contributed by atoms with E-state index in [-0.39, 0.29) is 35.1 Å². The molecule has 0 bridgehead atoms. The Balaban J connectivity index is 1.50. The minimum absolute atomic E-state index is 0.0231. The average Bonchev–Trinajstić information content (AvgIpc) is 3.12. The summed E-state index contributed by atoms with van der Waals surface area (Å²) in [6, 6.07) is 24.0. The van der Waals surface area contributed by atoms with Crippen LogP contribution in [0.3, 0.4) is 0 Å². The van der Waals surface area contributed by atoms with Crippen molar-refractivity contribution in [3.8, 4) is 11.5 Å². The number of nitrogens with zero attached hydrogens (tertiary/aromatic N) is 2. The molecule has 0 radical (unpaired) electrons. The first-order chi connectivity index (χ1) is 25.5. The maximum Gasteiger partial charge on any atom is 0.397 e. The molecule has 0 fully saturated rings. The summed E-state index contributed by atoms with van der Waals surface area (Å²) in [5.41, 5.74) is 3.85. The molecule has 0 aliphatic carbocycles. The van der Waals surface area contributed by atoms with Gasteiger partial charge in [-0.3, -0.25) is 4.55 Å². The predicted octanol–water partition coefficient (Wildman–Crippen LogP) is 5.07. The Morgan fingerprint density at radius 2 is 1.44 bits per heavy atom. The van der Waals surface area contributed by atoms with Crippen molar-refractivity contribution in [1.82, 2.24) is 0 Å². The number of benzene rings is 4. The highest BCUT2D eigenvalue weighted by molar-refractivity contribution is 7.91. The second-order valence-corrected chi connectivity index (χ2v) is 17.8. The normalized spacial score (nSPS) is 14.1. The fraction of sp³-hybridized carbons (Fsp3) is 0.286. The molecule has 0 saturated carbocycles. The predicted molar refractivity (Wildman–Crippen MR) is 204 cm³/mol. The molecule has 4 aromatic carbocycles. The Bertz CT molecular complexity index is 2340. The van der Waals surface area contributed by atoms with E-state index in [1.54, 1.807) is 72.6 Å². The summed E-state index contributed by atoms with van der Waals surface area (Å²) in [4.78, 5) is 20.7. The number of rotatable bonds is 18. The fourth-order valence-electron chi connectivity index (χ4n) is 6.10. The van der Waals surface area contributed by atoms with Gasteiger partial charge in [-0.2, -0.15) is 12.8 Å². The standard InChI is InChI=1S/C35H38N2O13S4/c1-3-37(25-7-6-8-27(21-25)53(42,43)20-16-47-50-51)26-12-14-31-33(23-26)49-32-22-24(36(2)15-18-52(40,41)19-17-48-54(44,45)46)11-13-30(32)34(31)28-9-4-5-10-29(28)35(38)39/h4-14,21-23,34,51H,3,15-20H2,1-2H3,(H,38,39)(H,44,45,46). The van der Waals surface area contributed by atoms with Crippen LogP contribution in [0, 0.1) is 0 Å². The number of fused-ring (bicyclic) bond motifs is 2. The van der Waals surface area contributed by atoms with Crippen molar-refractivity contribution in [2.45, 2.75) is 17.7 Å². The highest BCUT2D eigenvalue weighted by atomic mass is 32.3. The van der Waals surface area contributed by atoms with Crippen LogP contribution in [-0.4, -0.2) is 91.5 Å². The summed E-state index contributed by atoms with van der Waals surface area (Å²) in [5, 5.41) is 10.1. The lowest BCUT2D eigenvalue weighted by atomic mass is 9.80. The van der Waals surface area contributed by atoms with E-state index >= 15 is 0 Å². The van der Waals surface area contributed by atoms with Crippen LogP contribution in [0.15, 0.2) is 89.8 Å². The van der Waals surface area contributed by atoms with Crippen LogP contribution in [-0.2, 0) is 43.5 Å². The first-order valence-corrected chi connectivity index (χ1v) is 21.6. The zero-order chi connectivity index (χ0) is 39.3. The summed E-state index contributed by atoms with van der Waals surface area (Å²) < 4.78 is 96.3. The van der Waals surface area contributed by atoms with Crippen molar-refractivity contribution in [3.63, 3.8) is 0 Å². The van der Waals surface area contributed by atoms with Crippen molar-refractivity contribution in [2.24, 2.45) is 0 Å². The van der Waals surface area contributed by atoms with Gasteiger partial charge >= 0.3 is 16.4 Å². The Morgan fingerprint density at radius 3 is 2.09 bits per heavy atom. The van der Waals surface area contributed by atoms with E-state index in [0.29, 0.717) is 51.8 Å². The molecule has 2 N–H and O–H groups in total. The van der Waals surface area contributed by atoms with Crippen molar-refractivity contribution in [2.75, 3.05) is 60.4 Å². The molecular formula is C35H38N2O13S4. The maximum absolute atomic E-state index is 13.0. The monoisotopic (exact) mass is 822 g/mol. The second-order valence-electron chi connectivity index (χ2n) is 12.2. The average molecular weight is 823 g/mol. The fourth-order valence-corrected chi connectivity index (χ4v) is 8.78. The number of carboxylic acids is 1. The minimum Gasteiger partial charge on any atom is -0.478 e. The molecule has 1 atom stereocenters. The highest BCUT2D eigenvalue weighted by Crippen LogP contribution is 2.50. The number of aromatic carboxylic acids is 1. The number of ether oxygens (including phenoxy) is 1. The number of carboxylic acid groups (broad SMARTS) is 1. The number of sulfone groups is 2. The second kappa shape index (κ2) is 17.1. The van der Waals surface area contributed by atoms with E-state index in [1.807, 2.05) is 24.0 Å². The Hall–Kier alpha value is -4.21. The third kappa shape index (κ3) is 9.90. The first kappa shape index (κ1) is 41.0. The zero-order valence-electron chi connectivity index (χ0n) is 29.1. The lowest BCUT2D eigenvalue weighted by Gasteiger charge is -2.32. The van der Waals surface area contributed by atoms with E-state index in [0.717, 1.165) is 0 Å². The van der Waals surface area contributed by atoms with Gasteiger partial charge in [-0.15, -0.1) is 0 Å². The molecule has 0 aromatic heterocycles. The topological polar surface area (TPSA) is 203 Å². The SMILES string of the molecule is CCN(c1cccc(S(=O)(=O)CCOOS)c1)c1ccc2c(c1)Oc1cc(N(C)CCS(=O)(=O)CCOS(=O)(=O)O)ccc1C2c1ccccc1C(=O)O. The summed E-state index contributed by atoms with van der Waals surface area (Å²) in [6.45, 7) is 1.44. The van der Waals surface area contributed by atoms with E-state index in [9.17, 15) is 35.2 Å². The van der Waals surface area contributed by atoms with Crippen molar-refractivity contribution >= 4 is 66.0 Å². The van der Waals surface area contributed by atoms with E-state index in [4.69, 9.17) is 9.29 Å². The van der Waals surface area contributed by atoms with Crippen LogP contribution in [0.1, 0.15) is 39.9 Å². The largest absolute Gasteiger partial charge is 0.478 e. The van der Waals surface area contributed by atoms with E-state index < -0.39 is 54.3 Å². The van der Waals surface area contributed by atoms with E-state index in [2.05, 4.69) is 26.3 Å². The molecule has 0 amide bonds. The zero-order valence-corrected chi connectivity index (χ0v) is 32.4. The minimum atomic E-state index is -4.77. The van der Waals surface area contributed by atoms with Gasteiger partial charge in [0.2, 0.25) is 0 Å². The van der Waals surface area contributed by atoms with Gasteiger partial charge < -0.3 is 19.6 Å². The van der Waals surface area contributed by atoms with Crippen molar-refractivity contribution in [1.29, 1.82) is 0 Å². The quantitative estimate of drug-likeness (QED) is 0.0264. The number of hydrogen-bond donors (Lipinski definition) is 3. The summed E-state index contributed by atoms with van der Waals surface area (Å²) in [6.07, 6.45) is 0. The molecule has 1 aliphatic heterocycles. The van der Waals surface area contributed by atoms with Gasteiger partial charge in [-0.1, -0.05) is 36.4 Å². The third-order valence-corrected chi connectivity index (χ3v) is 12.6. The summed E-state index contributed by atoms with van der Waals surface area (Å²) in [5.74, 6) is -2.13. The Labute approximate surface area is 319 Å². The molecule has 4 aromatic rings. The molecular weight excluding hydrogens is 785 g/mol. The Kier molecular flexibility index (Phi) is 13.0. The lowest BCUT2D eigenvalue weighted by molar-refractivity contribution is -0.182. The summed E-state index contributed by atoms with van der Waals surface area (Å²) >= 11 is 3.47. The van der Waals surface area contributed by atoms with Crippen LogP contribution in [0.4, 0.5) is 17.1 Å². The molecule has 290 valence electrons. The molecule has 19 heteroatoms. The highest BCUT2D eigenvalue weighted by Gasteiger charge is 2.32. The first-order valence-electron chi connectivity index (χ1n) is 16.4. The van der Waals surface area contributed by atoms with Gasteiger partial charge in [-0.25, -0.2) is 30.7 Å². The van der Waals surface area contributed by atoms with Crippen LogP contribution >= 0.6 is 12.9 Å². The van der Waals surface area contributed by atoms with Crippen molar-refractivity contribution < 1.29 is 57.8 Å². The lowest BCUT2D eigenvalue weighted by Crippen LogP contribution is -2.28. The third-order valence-electron chi connectivity index (χ3n) is 8.75. The van der Waals surface area contributed by atoms with Crippen LogP contribution in [0.5, 0.6) is 11.5 Å². The number of thiol groups is 1. The van der Waals surface area contributed by atoms with Crippen LogP contribution < -0.4 is 14.5 Å². The molecule has 1 unspecified atom stereocenters. The molecule has 54 heavy (non-hydrogen) atoms. The molecule has 1 aliphatic rings. The molecule has 15 nitrogen and oxygen atoms in total. The molecule has 0 spiro atoms. The van der Waals surface area contributed by atoms with Gasteiger partial charge in [0, 0.05) is 79.3 Å². The van der Waals surface area contributed by atoms with Crippen LogP contribution in [0.2, 0.25) is 0 Å². The maximum atomic E-state index is 13.0. The number of carbonyl (C=O) groups is 1. The molecule has 1 heterocycles. The number of hydrogen-bond acceptors (Lipinski definition) is 14. The van der Waals surface area contributed by atoms with Gasteiger partial charge in [0.1, 0.15) is 11.5 Å². The Morgan fingerprint density at radius 1 is 0.796 bits per heavy atom. The summed E-state index contributed by atoms with van der Waals surface area (Å²) in [7, 11) is -10.6. The van der Waals surface area contributed by atoms with Gasteiger partial charge in [0.15, 0.2) is 19.7 Å². The van der Waals surface area contributed by atoms with Gasteiger partial charge in [-0.05, 0) is 48.9 Å². The molecule has 5 rings (SSSR count).